The van der Waals surface area contributed by atoms with E-state index in [2.05, 4.69) is 60.4 Å². The summed E-state index contributed by atoms with van der Waals surface area (Å²) in [4.78, 5) is 8.28. The van der Waals surface area contributed by atoms with Crippen molar-refractivity contribution in [1.82, 2.24) is 16.1 Å². The van der Waals surface area contributed by atoms with Crippen molar-refractivity contribution in [2.75, 3.05) is 0 Å². The van der Waals surface area contributed by atoms with Crippen LogP contribution in [-0.2, 0) is 6.42 Å². The molecule has 0 aliphatic rings. The molecule has 4 N–H and O–H groups in total. The minimum Gasteiger partial charge on any atom is -0.344 e. The van der Waals surface area contributed by atoms with Crippen LogP contribution in [-0.4, -0.2) is 9.97 Å². The highest BCUT2D eigenvalue weighted by Crippen LogP contribution is 2.30. The zero-order valence-electron chi connectivity index (χ0n) is 12.3. The quantitative estimate of drug-likeness (QED) is 0.716. The summed E-state index contributed by atoms with van der Waals surface area (Å²) in [6.45, 7) is 2.17. The molecule has 0 spiro atoms. The van der Waals surface area contributed by atoms with Gasteiger partial charge in [-0.2, -0.15) is 0 Å². The minimum absolute atomic E-state index is 0. The number of aromatic nitrogens is 2. The van der Waals surface area contributed by atoms with E-state index in [1.807, 2.05) is 12.1 Å². The lowest BCUT2D eigenvalue weighted by molar-refractivity contribution is 0.858. The Kier molecular flexibility index (Phi) is 4.90. The number of hydrogen-bond acceptors (Lipinski definition) is 2. The molecule has 0 bridgehead atoms. The molecule has 3 rings (SSSR count). The second kappa shape index (κ2) is 6.86. The van der Waals surface area contributed by atoms with Crippen molar-refractivity contribution < 1.29 is 0 Å². The van der Waals surface area contributed by atoms with Crippen molar-refractivity contribution >= 4 is 0 Å². The number of aromatic amines is 1. The third-order valence-corrected chi connectivity index (χ3v) is 3.35. The first kappa shape index (κ1) is 15.0. The Morgan fingerprint density at radius 3 is 2.00 bits per heavy atom. The predicted molar refractivity (Wildman–Crippen MR) is 88.5 cm³/mol. The van der Waals surface area contributed by atoms with Crippen LogP contribution < -0.4 is 6.15 Å². The van der Waals surface area contributed by atoms with Gasteiger partial charge in [0, 0.05) is 17.5 Å². The number of aryl methyl sites for hydroxylation is 1. The molecule has 0 aliphatic carbocycles. The topological polar surface area (TPSA) is 63.7 Å². The van der Waals surface area contributed by atoms with Gasteiger partial charge in [-0.05, 0) is 6.42 Å². The first-order valence-corrected chi connectivity index (χ1v) is 7.08. The van der Waals surface area contributed by atoms with E-state index in [1.54, 1.807) is 0 Å². The van der Waals surface area contributed by atoms with Gasteiger partial charge in [0.15, 0.2) is 0 Å². The highest BCUT2D eigenvalue weighted by atomic mass is 14.9. The van der Waals surface area contributed by atoms with E-state index in [-0.39, 0.29) is 6.15 Å². The van der Waals surface area contributed by atoms with Crippen molar-refractivity contribution in [3.05, 3.63) is 66.5 Å². The summed E-state index contributed by atoms with van der Waals surface area (Å²) in [5.74, 6) is 1.06. The lowest BCUT2D eigenvalue weighted by Crippen LogP contribution is -1.85. The molecule has 0 unspecified atom stereocenters. The molecule has 108 valence electrons. The van der Waals surface area contributed by atoms with Crippen LogP contribution in [0.15, 0.2) is 60.7 Å². The number of benzene rings is 2. The Bertz CT molecular complexity index is 615. The Labute approximate surface area is 125 Å². The largest absolute Gasteiger partial charge is 0.344 e. The monoisotopic (exact) mass is 279 g/mol. The van der Waals surface area contributed by atoms with Gasteiger partial charge in [0.25, 0.3) is 0 Å². The maximum atomic E-state index is 4.79. The fourth-order valence-electron chi connectivity index (χ4n) is 2.40. The van der Waals surface area contributed by atoms with Crippen molar-refractivity contribution in [3.8, 4) is 22.5 Å². The number of rotatable bonds is 4. The van der Waals surface area contributed by atoms with Gasteiger partial charge in [-0.1, -0.05) is 67.6 Å². The van der Waals surface area contributed by atoms with Crippen molar-refractivity contribution in [2.24, 2.45) is 0 Å². The highest BCUT2D eigenvalue weighted by molar-refractivity contribution is 5.78. The fourth-order valence-corrected chi connectivity index (χ4v) is 2.40. The number of nitrogens with one attached hydrogen (secondary N) is 1. The molecule has 0 saturated carbocycles. The summed E-state index contributed by atoms with van der Waals surface area (Å²) in [5.41, 5.74) is 4.49. The van der Waals surface area contributed by atoms with Gasteiger partial charge < -0.3 is 11.1 Å². The highest BCUT2D eigenvalue weighted by Gasteiger charge is 2.13. The molecule has 0 atom stereocenters. The zero-order valence-corrected chi connectivity index (χ0v) is 12.3. The molecular formula is C18H21N3. The molecule has 0 radical (unpaired) electrons. The summed E-state index contributed by atoms with van der Waals surface area (Å²) < 4.78 is 0. The number of imidazole rings is 1. The van der Waals surface area contributed by atoms with Crippen molar-refractivity contribution in [1.29, 1.82) is 0 Å². The SMILES string of the molecule is CCCc1nc(-c2ccccc2)c(-c2ccccc2)[nH]1.N. The van der Waals surface area contributed by atoms with Gasteiger partial charge in [-0.25, -0.2) is 4.98 Å². The summed E-state index contributed by atoms with van der Waals surface area (Å²) in [5, 5.41) is 0. The molecular weight excluding hydrogens is 258 g/mol. The van der Waals surface area contributed by atoms with Crippen molar-refractivity contribution in [3.63, 3.8) is 0 Å². The second-order valence-electron chi connectivity index (χ2n) is 4.89. The Morgan fingerprint density at radius 2 is 1.43 bits per heavy atom. The maximum Gasteiger partial charge on any atom is 0.107 e. The van der Waals surface area contributed by atoms with Crippen LogP contribution in [0.3, 0.4) is 0 Å². The standard InChI is InChI=1S/C18H18N2.H3N/c1-2-9-16-19-17(14-10-5-3-6-11-14)18(20-16)15-12-7-4-8-13-15;/h3-8,10-13H,2,9H2,1H3,(H,19,20);1H3. The number of nitrogens with zero attached hydrogens (tertiary/aromatic N) is 1. The lowest BCUT2D eigenvalue weighted by Gasteiger charge is -2.02. The van der Waals surface area contributed by atoms with E-state index in [4.69, 9.17) is 4.98 Å². The molecule has 21 heavy (non-hydrogen) atoms. The summed E-state index contributed by atoms with van der Waals surface area (Å²) in [6, 6.07) is 20.8. The minimum atomic E-state index is 0. The number of hydrogen-bond donors (Lipinski definition) is 2. The van der Waals surface area contributed by atoms with E-state index in [0.717, 1.165) is 35.6 Å². The van der Waals surface area contributed by atoms with Gasteiger partial charge in [0.05, 0.1) is 11.4 Å². The van der Waals surface area contributed by atoms with Gasteiger partial charge in [-0.3, -0.25) is 0 Å². The Balaban J connectivity index is 0.00000161. The van der Waals surface area contributed by atoms with Gasteiger partial charge in [0.1, 0.15) is 5.82 Å². The Morgan fingerprint density at radius 1 is 0.857 bits per heavy atom. The summed E-state index contributed by atoms with van der Waals surface area (Å²) in [6.07, 6.45) is 2.07. The molecule has 0 aliphatic heterocycles. The molecule has 1 heterocycles. The first-order valence-electron chi connectivity index (χ1n) is 7.08. The van der Waals surface area contributed by atoms with E-state index in [0.29, 0.717) is 0 Å². The van der Waals surface area contributed by atoms with Gasteiger partial charge >= 0.3 is 0 Å². The molecule has 2 aromatic carbocycles. The van der Waals surface area contributed by atoms with Crippen LogP contribution in [0, 0.1) is 0 Å². The normalized spacial score (nSPS) is 10.1. The second-order valence-corrected chi connectivity index (χ2v) is 4.89. The van der Waals surface area contributed by atoms with Crippen LogP contribution in [0.1, 0.15) is 19.2 Å². The fraction of sp³-hybridized carbons (Fsp3) is 0.167. The molecule has 0 saturated heterocycles. The molecule has 3 heteroatoms. The maximum absolute atomic E-state index is 4.79. The van der Waals surface area contributed by atoms with Crippen molar-refractivity contribution in [2.45, 2.75) is 19.8 Å². The number of H-pyrrole nitrogens is 1. The zero-order chi connectivity index (χ0) is 13.8. The van der Waals surface area contributed by atoms with Crippen LogP contribution in [0.2, 0.25) is 0 Å². The predicted octanol–water partition coefficient (Wildman–Crippen LogP) is 4.86. The van der Waals surface area contributed by atoms with E-state index in [1.165, 1.54) is 5.56 Å². The lowest BCUT2D eigenvalue weighted by atomic mass is 10.1. The first-order chi connectivity index (χ1) is 9.88. The molecule has 0 amide bonds. The average Bonchev–Trinajstić information content (AvgIpc) is 2.93. The van der Waals surface area contributed by atoms with Gasteiger partial charge in [-0.15, -0.1) is 0 Å². The summed E-state index contributed by atoms with van der Waals surface area (Å²) >= 11 is 0. The van der Waals surface area contributed by atoms with Crippen LogP contribution in [0.5, 0.6) is 0 Å². The third-order valence-electron chi connectivity index (χ3n) is 3.35. The van der Waals surface area contributed by atoms with Crippen LogP contribution in [0.4, 0.5) is 0 Å². The molecule has 3 nitrogen and oxygen atoms in total. The molecule has 3 aromatic rings. The average molecular weight is 279 g/mol. The summed E-state index contributed by atoms with van der Waals surface area (Å²) in [7, 11) is 0. The molecule has 1 aromatic heterocycles. The van der Waals surface area contributed by atoms with Crippen LogP contribution >= 0.6 is 0 Å². The smallest absolute Gasteiger partial charge is 0.107 e. The molecule has 0 fully saturated rings. The van der Waals surface area contributed by atoms with Gasteiger partial charge in [0.2, 0.25) is 0 Å². The van der Waals surface area contributed by atoms with Crippen LogP contribution in [0.25, 0.3) is 22.5 Å². The van der Waals surface area contributed by atoms with E-state index < -0.39 is 0 Å². The van der Waals surface area contributed by atoms with E-state index in [9.17, 15) is 0 Å². The Hall–Kier alpha value is -2.39. The van der Waals surface area contributed by atoms with E-state index >= 15 is 0 Å². The third kappa shape index (κ3) is 3.20.